The number of carbonyl (C=O) groups excluding carboxylic acids is 1. The maximum Gasteiger partial charge on any atom is 0.371 e. The summed E-state index contributed by atoms with van der Waals surface area (Å²) in [6, 6.07) is 16.8. The van der Waals surface area contributed by atoms with Gasteiger partial charge in [-0.2, -0.15) is 5.10 Å². The molecule has 4 rings (SSSR count). The Bertz CT molecular complexity index is 1350. The van der Waals surface area contributed by atoms with Crippen molar-refractivity contribution < 1.29 is 19.1 Å². The van der Waals surface area contributed by atoms with Gasteiger partial charge < -0.3 is 19.4 Å². The highest BCUT2D eigenvalue weighted by Crippen LogP contribution is 2.22. The van der Waals surface area contributed by atoms with Gasteiger partial charge in [-0.05, 0) is 55.3 Å². The molecule has 0 aliphatic rings. The van der Waals surface area contributed by atoms with E-state index in [0.717, 1.165) is 27.7 Å². The number of amides is 1. The van der Waals surface area contributed by atoms with Gasteiger partial charge in [-0.3, -0.25) is 4.79 Å². The summed E-state index contributed by atoms with van der Waals surface area (Å²) in [6.07, 6.45) is 3.48. The van der Waals surface area contributed by atoms with E-state index in [-0.39, 0.29) is 18.2 Å². The summed E-state index contributed by atoms with van der Waals surface area (Å²) < 4.78 is 7.33. The molecule has 0 saturated heterocycles. The fraction of sp³-hybridized carbons (Fsp3) is 0.160. The third kappa shape index (κ3) is 5.12. The Morgan fingerprint density at radius 1 is 1.09 bits per heavy atom. The molecule has 0 atom stereocenters. The molecule has 1 amide bonds. The van der Waals surface area contributed by atoms with Crippen molar-refractivity contribution in [2.24, 2.45) is 5.10 Å². The molecule has 33 heavy (non-hydrogen) atoms. The highest BCUT2D eigenvalue weighted by atomic mass is 16.4. The van der Waals surface area contributed by atoms with Gasteiger partial charge >= 0.3 is 5.97 Å². The van der Waals surface area contributed by atoms with Crippen LogP contribution in [0.5, 0.6) is 0 Å². The Morgan fingerprint density at radius 2 is 1.91 bits per heavy atom. The molecule has 168 valence electrons. The second-order valence-electron chi connectivity index (χ2n) is 7.75. The first kappa shape index (κ1) is 21.9. The van der Waals surface area contributed by atoms with Gasteiger partial charge in [0, 0.05) is 28.4 Å². The van der Waals surface area contributed by atoms with E-state index in [2.05, 4.69) is 15.8 Å². The summed E-state index contributed by atoms with van der Waals surface area (Å²) in [4.78, 5) is 23.2. The van der Waals surface area contributed by atoms with Crippen molar-refractivity contribution in [2.75, 3.05) is 11.9 Å². The zero-order valence-electron chi connectivity index (χ0n) is 18.3. The number of fused-ring (bicyclic) bond motifs is 1. The Labute approximate surface area is 190 Å². The number of aryl methyl sites for hydroxylation is 2. The van der Waals surface area contributed by atoms with E-state index in [1.807, 2.05) is 67.1 Å². The van der Waals surface area contributed by atoms with Crippen LogP contribution in [0.15, 0.2) is 70.3 Å². The van der Waals surface area contributed by atoms with Crippen LogP contribution in [0.4, 0.5) is 5.69 Å². The van der Waals surface area contributed by atoms with Crippen LogP contribution in [-0.4, -0.2) is 34.3 Å². The summed E-state index contributed by atoms with van der Waals surface area (Å²) >= 11 is 0. The first-order chi connectivity index (χ1) is 15.9. The first-order valence-corrected chi connectivity index (χ1v) is 10.4. The Balaban J connectivity index is 1.42. The highest BCUT2D eigenvalue weighted by Gasteiger charge is 2.12. The Morgan fingerprint density at radius 3 is 2.67 bits per heavy atom. The molecular formula is C25H24N4O4. The number of carboxylic acid groups (broad SMARTS) is 1. The van der Waals surface area contributed by atoms with E-state index in [4.69, 9.17) is 9.52 Å². The number of hydrogen-bond acceptors (Lipinski definition) is 5. The summed E-state index contributed by atoms with van der Waals surface area (Å²) in [7, 11) is 0. The molecule has 0 spiro atoms. The van der Waals surface area contributed by atoms with Crippen molar-refractivity contribution in [3.05, 3.63) is 89.0 Å². The van der Waals surface area contributed by atoms with E-state index in [0.29, 0.717) is 12.3 Å². The number of anilines is 1. The molecule has 8 nitrogen and oxygen atoms in total. The summed E-state index contributed by atoms with van der Waals surface area (Å²) in [5.41, 5.74) is 7.53. The van der Waals surface area contributed by atoms with Gasteiger partial charge in [-0.15, -0.1) is 0 Å². The van der Waals surface area contributed by atoms with E-state index in [1.165, 1.54) is 11.6 Å². The maximum absolute atomic E-state index is 12.2. The van der Waals surface area contributed by atoms with Crippen molar-refractivity contribution in [3.63, 3.8) is 0 Å². The number of hydrogen-bond donors (Lipinski definition) is 3. The quantitative estimate of drug-likeness (QED) is 0.279. The predicted molar refractivity (Wildman–Crippen MR) is 127 cm³/mol. The van der Waals surface area contributed by atoms with Crippen molar-refractivity contribution >= 4 is 34.7 Å². The smallest absolute Gasteiger partial charge is 0.371 e. The molecule has 0 saturated carbocycles. The molecule has 2 aromatic heterocycles. The van der Waals surface area contributed by atoms with Crippen LogP contribution in [0, 0.1) is 13.8 Å². The minimum absolute atomic E-state index is 0.0969. The van der Waals surface area contributed by atoms with Crippen LogP contribution in [-0.2, 0) is 11.3 Å². The number of carboxylic acids is 1. The van der Waals surface area contributed by atoms with Gasteiger partial charge in [0.25, 0.3) is 5.91 Å². The number of aromatic nitrogens is 1. The van der Waals surface area contributed by atoms with Gasteiger partial charge in [0.05, 0.1) is 19.3 Å². The molecular weight excluding hydrogens is 420 g/mol. The van der Waals surface area contributed by atoms with Gasteiger partial charge in [0.2, 0.25) is 5.76 Å². The zero-order valence-corrected chi connectivity index (χ0v) is 18.3. The maximum atomic E-state index is 12.2. The van der Waals surface area contributed by atoms with Gasteiger partial charge in [0.15, 0.2) is 0 Å². The molecule has 4 aromatic rings. The number of furan rings is 1. The normalized spacial score (nSPS) is 11.2. The van der Waals surface area contributed by atoms with Crippen LogP contribution < -0.4 is 10.7 Å². The second-order valence-corrected chi connectivity index (χ2v) is 7.75. The van der Waals surface area contributed by atoms with Gasteiger partial charge in [0.1, 0.15) is 5.76 Å². The standard InChI is InChI=1S/C25H24N4O4/c1-16-7-8-19(11-17(16)2)26-13-24(30)28-27-12-18-14-29(22-6-4-3-5-21(18)22)15-20-9-10-23(33-20)25(31)32/h3-12,14,26H,13,15H2,1-2H3,(H,28,30)(H,31,32)/b27-12-. The number of para-hydroxylation sites is 1. The van der Waals surface area contributed by atoms with Crippen molar-refractivity contribution in [2.45, 2.75) is 20.4 Å². The molecule has 0 aliphatic carbocycles. The third-order valence-electron chi connectivity index (χ3n) is 5.37. The molecule has 8 heteroatoms. The number of carbonyl (C=O) groups is 2. The van der Waals surface area contributed by atoms with Crippen LogP contribution in [0.2, 0.25) is 0 Å². The molecule has 0 unspecified atom stereocenters. The molecule has 0 fully saturated rings. The Hall–Kier alpha value is -4.33. The fourth-order valence-electron chi connectivity index (χ4n) is 3.50. The highest BCUT2D eigenvalue weighted by molar-refractivity contribution is 5.99. The van der Waals surface area contributed by atoms with Crippen LogP contribution in [0.25, 0.3) is 10.9 Å². The summed E-state index contributed by atoms with van der Waals surface area (Å²) in [5.74, 6) is -0.929. The van der Waals surface area contributed by atoms with Crippen molar-refractivity contribution in [1.82, 2.24) is 9.99 Å². The van der Waals surface area contributed by atoms with Crippen LogP contribution in [0.3, 0.4) is 0 Å². The SMILES string of the molecule is Cc1ccc(NCC(=O)N/N=C\c2cn(Cc3ccc(C(=O)O)o3)c3ccccc23)cc1C. The van der Waals surface area contributed by atoms with E-state index < -0.39 is 5.97 Å². The average Bonchev–Trinajstić information content (AvgIpc) is 3.40. The largest absolute Gasteiger partial charge is 0.475 e. The number of aromatic carboxylic acids is 1. The minimum atomic E-state index is -1.10. The van der Waals surface area contributed by atoms with E-state index in [9.17, 15) is 9.59 Å². The molecule has 2 heterocycles. The second kappa shape index (κ2) is 9.44. The topological polar surface area (TPSA) is 109 Å². The van der Waals surface area contributed by atoms with Crippen LogP contribution >= 0.6 is 0 Å². The summed E-state index contributed by atoms with van der Waals surface area (Å²) in [5, 5.41) is 17.2. The van der Waals surface area contributed by atoms with Crippen LogP contribution in [0.1, 0.15) is 33.0 Å². The lowest BCUT2D eigenvalue weighted by molar-refractivity contribution is -0.119. The van der Waals surface area contributed by atoms with Crippen molar-refractivity contribution in [1.29, 1.82) is 0 Å². The lowest BCUT2D eigenvalue weighted by Gasteiger charge is -2.07. The predicted octanol–water partition coefficient (Wildman–Crippen LogP) is 4.16. The zero-order chi connectivity index (χ0) is 23.4. The Kier molecular flexibility index (Phi) is 6.26. The molecule has 3 N–H and O–H groups in total. The lowest BCUT2D eigenvalue weighted by Crippen LogP contribution is -2.25. The number of nitrogens with zero attached hydrogens (tertiary/aromatic N) is 2. The monoisotopic (exact) mass is 444 g/mol. The number of hydrazone groups is 1. The number of benzene rings is 2. The van der Waals surface area contributed by atoms with E-state index >= 15 is 0 Å². The third-order valence-corrected chi connectivity index (χ3v) is 5.37. The average molecular weight is 444 g/mol. The molecule has 0 aliphatic heterocycles. The van der Waals surface area contributed by atoms with E-state index in [1.54, 1.807) is 12.3 Å². The van der Waals surface area contributed by atoms with Crippen molar-refractivity contribution in [3.8, 4) is 0 Å². The van der Waals surface area contributed by atoms with Gasteiger partial charge in [-0.25, -0.2) is 10.2 Å². The molecule has 0 radical (unpaired) electrons. The lowest BCUT2D eigenvalue weighted by atomic mass is 10.1. The molecule has 2 aromatic carbocycles. The molecule has 0 bridgehead atoms. The first-order valence-electron chi connectivity index (χ1n) is 10.4. The summed E-state index contributed by atoms with van der Waals surface area (Å²) in [6.45, 7) is 4.54. The number of rotatable bonds is 8. The number of nitrogens with one attached hydrogen (secondary N) is 2. The minimum Gasteiger partial charge on any atom is -0.475 e. The fourth-order valence-corrected chi connectivity index (χ4v) is 3.50. The van der Waals surface area contributed by atoms with Gasteiger partial charge in [-0.1, -0.05) is 24.3 Å².